The summed E-state index contributed by atoms with van der Waals surface area (Å²) >= 11 is 0. The first-order valence-corrected chi connectivity index (χ1v) is 9.74. The Balaban J connectivity index is 4.56. The number of carbonyl (C=O) groups excluding carboxylic acids is 3. The van der Waals surface area contributed by atoms with Gasteiger partial charge in [0.1, 0.15) is 6.61 Å². The van der Waals surface area contributed by atoms with Gasteiger partial charge in [0.2, 0.25) is 11.8 Å². The number of rotatable bonds is 15. The largest absolute Gasteiger partial charge is 0.463 e. The third kappa shape index (κ3) is 12.3. The fourth-order valence-electron chi connectivity index (χ4n) is 2.45. The first-order chi connectivity index (χ1) is 13.1. The second-order valence-electron chi connectivity index (χ2n) is 7.64. The molecule has 7 nitrogen and oxygen atoms in total. The van der Waals surface area contributed by atoms with E-state index >= 15 is 0 Å². The molecule has 0 fully saturated rings. The lowest BCUT2D eigenvalue weighted by Crippen LogP contribution is -2.50. The van der Waals surface area contributed by atoms with Crippen molar-refractivity contribution in [3.63, 3.8) is 0 Å². The van der Waals surface area contributed by atoms with E-state index in [0.29, 0.717) is 12.8 Å². The zero-order chi connectivity index (χ0) is 21.6. The van der Waals surface area contributed by atoms with Crippen LogP contribution >= 0.6 is 0 Å². The Hall–Kier alpha value is -2.15. The van der Waals surface area contributed by atoms with Gasteiger partial charge in [0.05, 0.1) is 18.1 Å². The summed E-state index contributed by atoms with van der Waals surface area (Å²) in [5.74, 6) is -1.50. The van der Waals surface area contributed by atoms with Crippen LogP contribution in [0.25, 0.3) is 0 Å². The number of nitrogens with one attached hydrogen (secondary N) is 2. The minimum Gasteiger partial charge on any atom is -0.463 e. The molecule has 0 spiro atoms. The van der Waals surface area contributed by atoms with E-state index in [4.69, 9.17) is 9.84 Å². The second-order valence-corrected chi connectivity index (χ2v) is 7.64. The van der Waals surface area contributed by atoms with Crippen LogP contribution < -0.4 is 10.6 Å². The Morgan fingerprint density at radius 2 is 1.86 bits per heavy atom. The molecule has 3 N–H and O–H groups in total. The molecule has 7 heteroatoms. The molecule has 2 amide bonds. The summed E-state index contributed by atoms with van der Waals surface area (Å²) in [4.78, 5) is 36.4. The lowest BCUT2D eigenvalue weighted by molar-refractivity contribution is -0.147. The quantitative estimate of drug-likeness (QED) is 0.224. The minimum absolute atomic E-state index is 0.0125. The number of carbonyl (C=O) groups is 3. The first-order valence-electron chi connectivity index (χ1n) is 9.74. The molecule has 0 unspecified atom stereocenters. The number of allylic oxidation sites excluding steroid dienone is 2. The maximum absolute atomic E-state index is 12.6. The average Bonchev–Trinajstić information content (AvgIpc) is 2.62. The van der Waals surface area contributed by atoms with Crippen molar-refractivity contribution in [3.8, 4) is 0 Å². The van der Waals surface area contributed by atoms with Crippen LogP contribution in [0.4, 0.5) is 0 Å². The highest BCUT2D eigenvalue weighted by Crippen LogP contribution is 2.14. The molecule has 0 aliphatic heterocycles. The highest BCUT2D eigenvalue weighted by atomic mass is 16.5. The van der Waals surface area contributed by atoms with E-state index in [1.807, 2.05) is 6.08 Å². The molecule has 0 aliphatic rings. The molecule has 28 heavy (non-hydrogen) atoms. The fraction of sp³-hybridized carbons (Fsp3) is 0.667. The van der Waals surface area contributed by atoms with Gasteiger partial charge in [0.15, 0.2) is 0 Å². The molecule has 0 aliphatic carbocycles. The van der Waals surface area contributed by atoms with Gasteiger partial charge < -0.3 is 20.5 Å². The molecule has 0 bridgehead atoms. The number of hydrogen-bond acceptors (Lipinski definition) is 5. The number of ether oxygens (including phenoxy) is 1. The predicted octanol–water partition coefficient (Wildman–Crippen LogP) is 2.25. The Bertz CT molecular complexity index is 531. The van der Waals surface area contributed by atoms with Gasteiger partial charge in [0.25, 0.3) is 0 Å². The average molecular weight is 397 g/mol. The second kappa shape index (κ2) is 13.9. The van der Waals surface area contributed by atoms with Crippen molar-refractivity contribution in [2.24, 2.45) is 5.92 Å². The van der Waals surface area contributed by atoms with Crippen LogP contribution in [0.1, 0.15) is 59.3 Å². The predicted molar refractivity (Wildman–Crippen MR) is 109 cm³/mol. The van der Waals surface area contributed by atoms with Crippen LogP contribution in [0.2, 0.25) is 0 Å². The number of aliphatic hydroxyl groups excluding tert-OH is 1. The molecule has 160 valence electrons. The number of esters is 1. The molecule has 0 aromatic heterocycles. The van der Waals surface area contributed by atoms with Gasteiger partial charge in [0, 0.05) is 18.9 Å². The van der Waals surface area contributed by atoms with Gasteiger partial charge in [-0.1, -0.05) is 12.2 Å². The summed E-state index contributed by atoms with van der Waals surface area (Å²) in [7, 11) is 0. The summed E-state index contributed by atoms with van der Waals surface area (Å²) in [6.45, 7) is 12.3. The zero-order valence-electron chi connectivity index (χ0n) is 17.5. The van der Waals surface area contributed by atoms with Gasteiger partial charge >= 0.3 is 5.97 Å². The lowest BCUT2D eigenvalue weighted by atomic mass is 9.97. The molecule has 0 aromatic carbocycles. The highest BCUT2D eigenvalue weighted by Gasteiger charge is 2.28. The smallest absolute Gasteiger partial charge is 0.305 e. The van der Waals surface area contributed by atoms with E-state index in [2.05, 4.69) is 23.8 Å². The van der Waals surface area contributed by atoms with Crippen LogP contribution in [-0.2, 0) is 19.1 Å². The highest BCUT2D eigenvalue weighted by molar-refractivity contribution is 5.86. The molecule has 0 saturated carbocycles. The van der Waals surface area contributed by atoms with E-state index in [-0.39, 0.29) is 43.5 Å². The van der Waals surface area contributed by atoms with E-state index in [0.717, 1.165) is 19.3 Å². The Labute approximate surface area is 168 Å². The SMILES string of the molecule is C=CCCCCC(=O)OCC(C)(C)NC(=O)[C@H](CC=C)CC(=O)N[C@H](C)CO. The lowest BCUT2D eigenvalue weighted by Gasteiger charge is -2.28. The van der Waals surface area contributed by atoms with Crippen LogP contribution in [-0.4, -0.2) is 47.7 Å². The summed E-state index contributed by atoms with van der Waals surface area (Å²) in [6.07, 6.45) is 6.55. The normalized spacial score (nSPS) is 13.1. The van der Waals surface area contributed by atoms with Gasteiger partial charge in [-0.25, -0.2) is 0 Å². The van der Waals surface area contributed by atoms with Crippen molar-refractivity contribution in [2.75, 3.05) is 13.2 Å². The maximum Gasteiger partial charge on any atom is 0.305 e. The number of aliphatic hydroxyl groups is 1. The number of unbranched alkanes of at least 4 members (excludes halogenated alkanes) is 2. The molecule has 0 heterocycles. The van der Waals surface area contributed by atoms with Gasteiger partial charge in [-0.3, -0.25) is 14.4 Å². The van der Waals surface area contributed by atoms with Gasteiger partial charge in [-0.2, -0.15) is 0 Å². The molecular formula is C21H36N2O5. The van der Waals surface area contributed by atoms with Gasteiger partial charge in [-0.15, -0.1) is 13.2 Å². The van der Waals surface area contributed by atoms with Crippen molar-refractivity contribution in [2.45, 2.75) is 70.9 Å². The van der Waals surface area contributed by atoms with Crippen LogP contribution in [0.15, 0.2) is 25.3 Å². The third-order valence-electron chi connectivity index (χ3n) is 4.03. The van der Waals surface area contributed by atoms with Gasteiger partial charge in [-0.05, 0) is 46.5 Å². The summed E-state index contributed by atoms with van der Waals surface area (Å²) in [6, 6.07) is -0.373. The standard InChI is InChI=1S/C21H36N2O5/c1-6-8-9-10-12-19(26)28-15-21(4,5)23-20(27)17(11-7-2)13-18(25)22-16(3)14-24/h6-7,16-17,24H,1-2,8-15H2,3-5H3,(H,22,25)(H,23,27)/t16-,17-/m1/s1. The van der Waals surface area contributed by atoms with Crippen molar-refractivity contribution in [3.05, 3.63) is 25.3 Å². The van der Waals surface area contributed by atoms with Crippen molar-refractivity contribution in [1.82, 2.24) is 10.6 Å². The maximum atomic E-state index is 12.6. The molecular weight excluding hydrogens is 360 g/mol. The first kappa shape index (κ1) is 25.9. The van der Waals surface area contributed by atoms with E-state index < -0.39 is 11.5 Å². The summed E-state index contributed by atoms with van der Waals surface area (Å²) in [5, 5.41) is 14.5. The van der Waals surface area contributed by atoms with E-state index in [9.17, 15) is 14.4 Å². The molecule has 0 radical (unpaired) electrons. The van der Waals surface area contributed by atoms with Crippen molar-refractivity contribution >= 4 is 17.8 Å². The number of hydrogen-bond donors (Lipinski definition) is 3. The number of amides is 2. The van der Waals surface area contributed by atoms with Crippen LogP contribution in [0.3, 0.4) is 0 Å². The molecule has 0 saturated heterocycles. The van der Waals surface area contributed by atoms with Crippen molar-refractivity contribution < 1.29 is 24.2 Å². The van der Waals surface area contributed by atoms with Crippen LogP contribution in [0, 0.1) is 5.92 Å². The van der Waals surface area contributed by atoms with E-state index in [1.54, 1.807) is 26.8 Å². The topological polar surface area (TPSA) is 105 Å². The third-order valence-corrected chi connectivity index (χ3v) is 4.03. The molecule has 0 rings (SSSR count). The zero-order valence-corrected chi connectivity index (χ0v) is 17.5. The molecule has 2 atom stereocenters. The monoisotopic (exact) mass is 396 g/mol. The summed E-state index contributed by atoms with van der Waals surface area (Å²) < 4.78 is 5.27. The van der Waals surface area contributed by atoms with E-state index in [1.165, 1.54) is 0 Å². The van der Waals surface area contributed by atoms with Crippen LogP contribution in [0.5, 0.6) is 0 Å². The fourth-order valence-corrected chi connectivity index (χ4v) is 2.45. The van der Waals surface area contributed by atoms with Crippen molar-refractivity contribution in [1.29, 1.82) is 0 Å². The Kier molecular flexibility index (Phi) is 12.9. The Morgan fingerprint density at radius 1 is 1.18 bits per heavy atom. The Morgan fingerprint density at radius 3 is 2.43 bits per heavy atom. The summed E-state index contributed by atoms with van der Waals surface area (Å²) in [5.41, 5.74) is -0.762. The minimum atomic E-state index is -0.762. The molecule has 0 aromatic rings.